The summed E-state index contributed by atoms with van der Waals surface area (Å²) in [6.07, 6.45) is -3.22. The largest absolute Gasteiger partial charge is 0.408 e. The van der Waals surface area contributed by atoms with Crippen LogP contribution in [0.4, 0.5) is 32.6 Å². The van der Waals surface area contributed by atoms with Crippen LogP contribution in [0.15, 0.2) is 35.5 Å². The Balaban J connectivity index is 1.95. The number of carbonyl (C=O) groups excluding carboxylic acids is 2. The molecule has 0 aromatic carbocycles. The molecule has 1 fully saturated rings. The van der Waals surface area contributed by atoms with E-state index in [4.69, 9.17) is 0 Å². The molecule has 1 saturated heterocycles. The molecule has 1 atom stereocenters. The van der Waals surface area contributed by atoms with Gasteiger partial charge in [0.05, 0.1) is 17.8 Å². The van der Waals surface area contributed by atoms with Crippen LogP contribution in [-0.2, 0) is 0 Å². The minimum Gasteiger partial charge on any atom is -0.340 e. The molecule has 0 aliphatic carbocycles. The first-order valence-electron chi connectivity index (χ1n) is 10.3. The molecule has 2 N–H and O–H groups in total. The Morgan fingerprint density at radius 2 is 1.89 bits per heavy atom. The van der Waals surface area contributed by atoms with E-state index in [0.717, 1.165) is 4.57 Å². The average Bonchev–Trinajstić information content (AvgIpc) is 3.23. The quantitative estimate of drug-likeness (QED) is 0.528. The van der Waals surface area contributed by atoms with Crippen LogP contribution in [0, 0.1) is 11.6 Å². The zero-order valence-electron chi connectivity index (χ0n) is 18.0. The summed E-state index contributed by atoms with van der Waals surface area (Å²) in [5.41, 5.74) is -2.89. The van der Waals surface area contributed by atoms with Crippen LogP contribution in [0.25, 0.3) is 16.7 Å². The predicted molar refractivity (Wildman–Crippen MR) is 113 cm³/mol. The Bertz CT molecular complexity index is 1370. The van der Waals surface area contributed by atoms with Gasteiger partial charge in [-0.1, -0.05) is 6.92 Å². The van der Waals surface area contributed by atoms with E-state index in [2.05, 4.69) is 15.3 Å². The van der Waals surface area contributed by atoms with E-state index < -0.39 is 58.9 Å². The first kappa shape index (κ1) is 24.0. The highest BCUT2D eigenvalue weighted by atomic mass is 19.4. The van der Waals surface area contributed by atoms with Crippen molar-refractivity contribution in [1.29, 1.82) is 0 Å². The molecule has 184 valence electrons. The zero-order chi connectivity index (χ0) is 25.5. The van der Waals surface area contributed by atoms with Gasteiger partial charge in [-0.2, -0.15) is 13.2 Å². The van der Waals surface area contributed by atoms with Gasteiger partial charge in [0, 0.05) is 19.3 Å². The normalized spacial score (nSPS) is 14.8. The van der Waals surface area contributed by atoms with Crippen LogP contribution in [0.3, 0.4) is 0 Å². The van der Waals surface area contributed by atoms with Crippen LogP contribution >= 0.6 is 0 Å². The molecule has 9 nitrogen and oxygen atoms in total. The number of amides is 3. The number of hydrogen-bond acceptors (Lipinski definition) is 5. The number of pyridine rings is 3. The van der Waals surface area contributed by atoms with Crippen LogP contribution in [0.5, 0.6) is 0 Å². The Labute approximate surface area is 193 Å². The van der Waals surface area contributed by atoms with Crippen molar-refractivity contribution in [3.8, 4) is 5.69 Å². The SMILES string of the molecule is CC[C@H](NC(=O)c1cn(-c2c(F)cncc2F)c2nc(N3CCNC3=O)ccc2c1=O)C(F)(F)F. The van der Waals surface area contributed by atoms with Gasteiger partial charge in [0.1, 0.15) is 23.1 Å². The molecule has 4 rings (SSSR count). The molecule has 1 aliphatic heterocycles. The second-order valence-electron chi connectivity index (χ2n) is 7.59. The molecular formula is C21H17F5N6O3. The summed E-state index contributed by atoms with van der Waals surface area (Å²) in [6, 6.07) is -0.274. The second-order valence-corrected chi connectivity index (χ2v) is 7.59. The van der Waals surface area contributed by atoms with Crippen molar-refractivity contribution in [1.82, 2.24) is 25.2 Å². The van der Waals surface area contributed by atoms with E-state index in [0.29, 0.717) is 25.1 Å². The third-order valence-corrected chi connectivity index (χ3v) is 5.39. The number of alkyl halides is 3. The monoisotopic (exact) mass is 496 g/mol. The number of nitrogens with zero attached hydrogens (tertiary/aromatic N) is 4. The van der Waals surface area contributed by atoms with Gasteiger partial charge in [-0.15, -0.1) is 0 Å². The van der Waals surface area contributed by atoms with Crippen molar-refractivity contribution in [2.24, 2.45) is 0 Å². The maximum Gasteiger partial charge on any atom is 0.408 e. The fourth-order valence-electron chi connectivity index (χ4n) is 3.65. The van der Waals surface area contributed by atoms with E-state index in [1.54, 1.807) is 5.32 Å². The Hall–Kier alpha value is -4.10. The molecule has 0 spiro atoms. The van der Waals surface area contributed by atoms with Crippen molar-refractivity contribution in [2.75, 3.05) is 18.0 Å². The van der Waals surface area contributed by atoms with Gasteiger partial charge < -0.3 is 10.6 Å². The highest BCUT2D eigenvalue weighted by Crippen LogP contribution is 2.25. The summed E-state index contributed by atoms with van der Waals surface area (Å²) >= 11 is 0. The highest BCUT2D eigenvalue weighted by molar-refractivity contribution is 5.98. The number of carbonyl (C=O) groups is 2. The highest BCUT2D eigenvalue weighted by Gasteiger charge is 2.40. The topological polar surface area (TPSA) is 109 Å². The second kappa shape index (κ2) is 8.92. The number of aromatic nitrogens is 3. The molecule has 3 amide bonds. The first-order valence-corrected chi connectivity index (χ1v) is 10.3. The summed E-state index contributed by atoms with van der Waals surface area (Å²) in [6.45, 7) is 1.74. The lowest BCUT2D eigenvalue weighted by Crippen LogP contribution is -2.46. The summed E-state index contributed by atoms with van der Waals surface area (Å²) in [5.74, 6) is -3.70. The number of nitrogens with one attached hydrogen (secondary N) is 2. The zero-order valence-corrected chi connectivity index (χ0v) is 18.0. The number of anilines is 1. The van der Waals surface area contributed by atoms with Crippen molar-refractivity contribution >= 4 is 28.8 Å². The van der Waals surface area contributed by atoms with Gasteiger partial charge in [0.2, 0.25) is 5.43 Å². The average molecular weight is 496 g/mol. The molecule has 0 bridgehead atoms. The number of urea groups is 1. The smallest absolute Gasteiger partial charge is 0.340 e. The van der Waals surface area contributed by atoms with Crippen LogP contribution in [-0.4, -0.2) is 51.8 Å². The third kappa shape index (κ3) is 4.38. The Morgan fingerprint density at radius 3 is 2.46 bits per heavy atom. The molecule has 4 heterocycles. The fourth-order valence-corrected chi connectivity index (χ4v) is 3.65. The van der Waals surface area contributed by atoms with E-state index in [9.17, 15) is 36.3 Å². The molecular weight excluding hydrogens is 479 g/mol. The maximum atomic E-state index is 14.6. The van der Waals surface area contributed by atoms with Crippen molar-refractivity contribution in [2.45, 2.75) is 25.6 Å². The van der Waals surface area contributed by atoms with E-state index in [1.165, 1.54) is 24.0 Å². The molecule has 0 saturated carbocycles. The lowest BCUT2D eigenvalue weighted by atomic mass is 10.1. The molecule has 35 heavy (non-hydrogen) atoms. The van der Waals surface area contributed by atoms with Gasteiger partial charge in [-0.05, 0) is 18.6 Å². The Morgan fingerprint density at radius 1 is 1.20 bits per heavy atom. The van der Waals surface area contributed by atoms with Crippen LogP contribution in [0.2, 0.25) is 0 Å². The number of fused-ring (bicyclic) bond motifs is 1. The molecule has 3 aromatic rings. The summed E-state index contributed by atoms with van der Waals surface area (Å²) < 4.78 is 69.5. The third-order valence-electron chi connectivity index (χ3n) is 5.39. The minimum absolute atomic E-state index is 0.0517. The minimum atomic E-state index is -4.78. The molecule has 0 radical (unpaired) electrons. The van der Waals surface area contributed by atoms with Crippen molar-refractivity contribution < 1.29 is 31.5 Å². The fraction of sp³-hybridized carbons (Fsp3) is 0.286. The van der Waals surface area contributed by atoms with E-state index in [-0.39, 0.29) is 23.4 Å². The maximum absolute atomic E-state index is 14.6. The van der Waals surface area contributed by atoms with Crippen LogP contribution in [0.1, 0.15) is 23.7 Å². The van der Waals surface area contributed by atoms with Crippen LogP contribution < -0.4 is 21.0 Å². The summed E-state index contributed by atoms with van der Waals surface area (Å²) in [4.78, 5) is 46.6. The molecule has 1 aliphatic rings. The lowest BCUT2D eigenvalue weighted by molar-refractivity contribution is -0.153. The van der Waals surface area contributed by atoms with Crippen molar-refractivity contribution in [3.05, 3.63) is 58.1 Å². The summed E-state index contributed by atoms with van der Waals surface area (Å²) in [7, 11) is 0. The van der Waals surface area contributed by atoms with Gasteiger partial charge in [-0.3, -0.25) is 24.0 Å². The lowest BCUT2D eigenvalue weighted by Gasteiger charge is -2.21. The molecule has 0 unspecified atom stereocenters. The van der Waals surface area contributed by atoms with Gasteiger partial charge in [0.25, 0.3) is 5.91 Å². The number of halogens is 5. The first-order chi connectivity index (χ1) is 16.5. The van der Waals surface area contributed by atoms with Crippen molar-refractivity contribution in [3.63, 3.8) is 0 Å². The number of rotatable bonds is 5. The van der Waals surface area contributed by atoms with E-state index >= 15 is 0 Å². The molecule has 3 aromatic heterocycles. The Kier molecular flexibility index (Phi) is 6.13. The van der Waals surface area contributed by atoms with Gasteiger partial charge in [-0.25, -0.2) is 18.6 Å². The predicted octanol–water partition coefficient (Wildman–Crippen LogP) is 2.66. The van der Waals surface area contributed by atoms with Gasteiger partial charge in [0.15, 0.2) is 17.3 Å². The van der Waals surface area contributed by atoms with Gasteiger partial charge >= 0.3 is 12.2 Å². The number of hydrogen-bond donors (Lipinski definition) is 2. The standard InChI is InChI=1S/C21H17F5N6O3/c1-2-14(21(24,25)26)29-19(34)11-9-32(16-12(22)7-27-8-13(16)23)18-10(17(11)33)3-4-15(30-18)31-6-5-28-20(31)35/h3-4,7-9,14H,2,5-6H2,1H3,(H,28,35)(H,29,34)/t14-/m0/s1. The van der Waals surface area contributed by atoms with E-state index in [1.807, 2.05) is 0 Å². The summed E-state index contributed by atoms with van der Waals surface area (Å²) in [5, 5.41) is 3.99. The molecule has 14 heteroatoms.